The van der Waals surface area contributed by atoms with E-state index in [0.717, 1.165) is 38.5 Å². The molecule has 21 heavy (non-hydrogen) atoms. The molecule has 0 saturated heterocycles. The molecule has 0 aliphatic rings. The number of carbonyl (C=O) groups is 1. The van der Waals surface area contributed by atoms with E-state index in [1.807, 2.05) is 0 Å². The summed E-state index contributed by atoms with van der Waals surface area (Å²) in [7, 11) is 0. The summed E-state index contributed by atoms with van der Waals surface area (Å²) in [6, 6.07) is 0. The molecule has 0 heterocycles. The van der Waals surface area contributed by atoms with E-state index in [1.54, 1.807) is 0 Å². The molecule has 6 heteroatoms. The van der Waals surface area contributed by atoms with Crippen LogP contribution in [-0.4, -0.2) is 50.6 Å². The molecule has 0 bridgehead atoms. The Morgan fingerprint density at radius 3 is 1.95 bits per heavy atom. The van der Waals surface area contributed by atoms with Crippen LogP contribution < -0.4 is 0 Å². The van der Waals surface area contributed by atoms with E-state index in [9.17, 15) is 4.79 Å². The quantitative estimate of drug-likeness (QED) is 0.284. The van der Waals surface area contributed by atoms with E-state index >= 15 is 0 Å². The van der Waals surface area contributed by atoms with Gasteiger partial charge in [-0.15, -0.1) is 0 Å². The molecule has 0 aromatic carbocycles. The Bertz CT molecular complexity index is 222. The lowest BCUT2D eigenvalue weighted by molar-refractivity contribution is -0.174. The van der Waals surface area contributed by atoms with Crippen molar-refractivity contribution in [2.45, 2.75) is 58.7 Å². The van der Waals surface area contributed by atoms with Crippen LogP contribution in [0.2, 0.25) is 0 Å². The van der Waals surface area contributed by atoms with Crippen molar-refractivity contribution in [2.24, 2.45) is 0 Å². The highest BCUT2D eigenvalue weighted by Gasteiger charge is 2.10. The van der Waals surface area contributed by atoms with Gasteiger partial charge in [-0.1, -0.05) is 39.5 Å². The van der Waals surface area contributed by atoms with Crippen molar-refractivity contribution in [1.82, 2.24) is 0 Å². The fraction of sp³-hybridized carbons (Fsp3) is 0.933. The third-order valence-electron chi connectivity index (χ3n) is 2.81. The number of rotatable bonds is 15. The fourth-order valence-corrected chi connectivity index (χ4v) is 1.65. The Balaban J connectivity index is 3.74. The Hall–Kier alpha value is -0.850. The average molecular weight is 306 g/mol. The van der Waals surface area contributed by atoms with Gasteiger partial charge in [-0.2, -0.15) is 0 Å². The van der Waals surface area contributed by atoms with Crippen molar-refractivity contribution >= 4 is 6.16 Å². The Morgan fingerprint density at radius 1 is 0.905 bits per heavy atom. The molecule has 6 nitrogen and oxygen atoms in total. The third kappa shape index (κ3) is 15.4. The second-order valence-electron chi connectivity index (χ2n) is 4.77. The molecule has 0 aromatic heterocycles. The van der Waals surface area contributed by atoms with Crippen molar-refractivity contribution in [3.8, 4) is 0 Å². The van der Waals surface area contributed by atoms with Gasteiger partial charge in [0.2, 0.25) is 0 Å². The largest absolute Gasteiger partial charge is 0.505 e. The van der Waals surface area contributed by atoms with Crippen LogP contribution in [0, 0.1) is 0 Å². The molecular formula is C15H30O6. The van der Waals surface area contributed by atoms with E-state index in [0.29, 0.717) is 19.8 Å². The summed E-state index contributed by atoms with van der Waals surface area (Å²) < 4.78 is 21.0. The number of hydrogen-bond acceptors (Lipinski definition) is 5. The SMILES string of the molecule is CCCCCOC(COCCOC(=O)O)OCCCCC. The van der Waals surface area contributed by atoms with Crippen LogP contribution in [-0.2, 0) is 18.9 Å². The van der Waals surface area contributed by atoms with E-state index in [-0.39, 0.29) is 19.5 Å². The first kappa shape index (κ1) is 20.1. The van der Waals surface area contributed by atoms with Crippen LogP contribution >= 0.6 is 0 Å². The summed E-state index contributed by atoms with van der Waals surface area (Å²) in [6.07, 6.45) is 4.90. The molecule has 0 saturated carbocycles. The monoisotopic (exact) mass is 306 g/mol. The zero-order valence-corrected chi connectivity index (χ0v) is 13.3. The van der Waals surface area contributed by atoms with Gasteiger partial charge in [0, 0.05) is 13.2 Å². The maximum absolute atomic E-state index is 10.2. The predicted molar refractivity (Wildman–Crippen MR) is 79.5 cm³/mol. The molecule has 0 aromatic rings. The van der Waals surface area contributed by atoms with Gasteiger partial charge in [0.15, 0.2) is 6.29 Å². The minimum Gasteiger partial charge on any atom is -0.450 e. The topological polar surface area (TPSA) is 74.2 Å². The second-order valence-corrected chi connectivity index (χ2v) is 4.77. The van der Waals surface area contributed by atoms with Gasteiger partial charge in [-0.05, 0) is 12.8 Å². The van der Waals surface area contributed by atoms with Gasteiger partial charge in [0.05, 0.1) is 13.2 Å². The van der Waals surface area contributed by atoms with Crippen LogP contribution in [0.5, 0.6) is 0 Å². The molecule has 0 aliphatic carbocycles. The Kier molecular flexibility index (Phi) is 14.9. The first-order valence-corrected chi connectivity index (χ1v) is 7.87. The van der Waals surface area contributed by atoms with E-state index < -0.39 is 6.16 Å². The first-order chi connectivity index (χ1) is 10.2. The van der Waals surface area contributed by atoms with Gasteiger partial charge in [-0.3, -0.25) is 0 Å². The maximum Gasteiger partial charge on any atom is 0.505 e. The predicted octanol–water partition coefficient (Wildman–Crippen LogP) is 3.44. The smallest absolute Gasteiger partial charge is 0.450 e. The summed E-state index contributed by atoms with van der Waals surface area (Å²) in [5.74, 6) is 0. The molecule has 126 valence electrons. The summed E-state index contributed by atoms with van der Waals surface area (Å²) >= 11 is 0. The zero-order valence-electron chi connectivity index (χ0n) is 13.3. The number of ether oxygens (including phenoxy) is 4. The first-order valence-electron chi connectivity index (χ1n) is 7.87. The number of unbranched alkanes of at least 4 members (excludes halogenated alkanes) is 4. The highest BCUT2D eigenvalue weighted by Crippen LogP contribution is 2.03. The molecule has 1 N–H and O–H groups in total. The number of carboxylic acid groups (broad SMARTS) is 1. The van der Waals surface area contributed by atoms with E-state index in [4.69, 9.17) is 19.3 Å². The van der Waals surface area contributed by atoms with Crippen molar-refractivity contribution in [3.63, 3.8) is 0 Å². The molecule has 0 unspecified atom stereocenters. The lowest BCUT2D eigenvalue weighted by Crippen LogP contribution is -2.25. The van der Waals surface area contributed by atoms with Crippen LogP contribution in [0.1, 0.15) is 52.4 Å². The summed E-state index contributed by atoms with van der Waals surface area (Å²) in [4.78, 5) is 10.2. The minimum absolute atomic E-state index is 0.0216. The lowest BCUT2D eigenvalue weighted by atomic mass is 10.3. The van der Waals surface area contributed by atoms with Crippen molar-refractivity contribution in [1.29, 1.82) is 0 Å². The van der Waals surface area contributed by atoms with Gasteiger partial charge in [0.1, 0.15) is 6.61 Å². The van der Waals surface area contributed by atoms with Crippen molar-refractivity contribution < 1.29 is 28.8 Å². The minimum atomic E-state index is -1.29. The summed E-state index contributed by atoms with van der Waals surface area (Å²) in [5.41, 5.74) is 0. The van der Waals surface area contributed by atoms with Crippen LogP contribution in [0.3, 0.4) is 0 Å². The van der Waals surface area contributed by atoms with Gasteiger partial charge in [0.25, 0.3) is 0 Å². The summed E-state index contributed by atoms with van der Waals surface area (Å²) in [6.45, 7) is 6.12. The summed E-state index contributed by atoms with van der Waals surface area (Å²) in [5, 5.41) is 8.33. The highest BCUT2D eigenvalue weighted by molar-refractivity contribution is 5.56. The molecule has 0 rings (SSSR count). The maximum atomic E-state index is 10.2. The normalized spacial score (nSPS) is 11.0. The van der Waals surface area contributed by atoms with E-state index in [1.165, 1.54) is 0 Å². The standard InChI is InChI=1S/C15H30O6/c1-3-5-7-9-19-14(20-10-8-6-4-2)13-18-11-12-21-15(16)17/h14H,3-13H2,1-2H3,(H,16,17). The second kappa shape index (κ2) is 15.5. The Labute approximate surface area is 127 Å². The fourth-order valence-electron chi connectivity index (χ4n) is 1.65. The molecule has 0 radical (unpaired) electrons. The zero-order chi connectivity index (χ0) is 15.8. The van der Waals surface area contributed by atoms with Gasteiger partial charge < -0.3 is 24.1 Å². The molecule has 0 atom stereocenters. The van der Waals surface area contributed by atoms with E-state index in [2.05, 4.69) is 18.6 Å². The Morgan fingerprint density at radius 2 is 1.48 bits per heavy atom. The van der Waals surface area contributed by atoms with Crippen molar-refractivity contribution in [3.05, 3.63) is 0 Å². The molecule has 0 aliphatic heterocycles. The highest BCUT2D eigenvalue weighted by atomic mass is 16.7. The van der Waals surface area contributed by atoms with Crippen molar-refractivity contribution in [2.75, 3.05) is 33.0 Å². The average Bonchev–Trinajstić information content (AvgIpc) is 2.46. The molecule has 0 spiro atoms. The molecular weight excluding hydrogens is 276 g/mol. The third-order valence-corrected chi connectivity index (χ3v) is 2.81. The van der Waals surface area contributed by atoms with Crippen LogP contribution in [0.4, 0.5) is 4.79 Å². The molecule has 0 amide bonds. The van der Waals surface area contributed by atoms with Gasteiger partial charge >= 0.3 is 6.16 Å². The lowest BCUT2D eigenvalue weighted by Gasteiger charge is -2.18. The molecule has 0 fully saturated rings. The van der Waals surface area contributed by atoms with Crippen LogP contribution in [0.25, 0.3) is 0 Å². The van der Waals surface area contributed by atoms with Gasteiger partial charge in [-0.25, -0.2) is 4.79 Å². The number of hydrogen-bond donors (Lipinski definition) is 1. The van der Waals surface area contributed by atoms with Crippen LogP contribution in [0.15, 0.2) is 0 Å².